The van der Waals surface area contributed by atoms with E-state index in [9.17, 15) is 4.79 Å². The van der Waals surface area contributed by atoms with Crippen molar-refractivity contribution in [1.29, 1.82) is 0 Å². The van der Waals surface area contributed by atoms with E-state index >= 15 is 0 Å². The molecule has 0 saturated carbocycles. The molecule has 2 aromatic carbocycles. The van der Waals surface area contributed by atoms with Crippen molar-refractivity contribution in [2.45, 2.75) is 33.1 Å². The number of aromatic nitrogens is 2. The molecular weight excluding hydrogens is 338 g/mol. The summed E-state index contributed by atoms with van der Waals surface area (Å²) in [5.74, 6) is 1.06. The number of aryl methyl sites for hydroxylation is 2. The van der Waals surface area contributed by atoms with Gasteiger partial charge in [-0.05, 0) is 68.5 Å². The summed E-state index contributed by atoms with van der Waals surface area (Å²) in [5.41, 5.74) is 4.77. The molecule has 138 valence electrons. The van der Waals surface area contributed by atoms with Crippen molar-refractivity contribution in [3.63, 3.8) is 0 Å². The van der Waals surface area contributed by atoms with E-state index in [-0.39, 0.29) is 5.91 Å². The summed E-state index contributed by atoms with van der Waals surface area (Å²) in [4.78, 5) is 19.2. The van der Waals surface area contributed by atoms with Gasteiger partial charge in [-0.3, -0.25) is 4.79 Å². The molecule has 0 aliphatic carbocycles. The Balaban J connectivity index is 1.60. The van der Waals surface area contributed by atoms with E-state index in [0.29, 0.717) is 17.3 Å². The summed E-state index contributed by atoms with van der Waals surface area (Å²) >= 11 is 0. The Bertz CT molecular complexity index is 971. The number of rotatable bonds is 3. The average molecular weight is 361 g/mol. The van der Waals surface area contributed by atoms with Gasteiger partial charge in [-0.2, -0.15) is 4.98 Å². The highest BCUT2D eigenvalue weighted by molar-refractivity contribution is 5.95. The van der Waals surface area contributed by atoms with Crippen LogP contribution in [0.3, 0.4) is 0 Å². The molecule has 1 fully saturated rings. The van der Waals surface area contributed by atoms with E-state index in [1.54, 1.807) is 0 Å². The highest BCUT2D eigenvalue weighted by atomic mass is 16.5. The van der Waals surface area contributed by atoms with Gasteiger partial charge in [0.2, 0.25) is 5.82 Å². The Morgan fingerprint density at radius 2 is 1.78 bits per heavy atom. The molecule has 0 atom stereocenters. The second-order valence-corrected chi connectivity index (χ2v) is 7.16. The van der Waals surface area contributed by atoms with Gasteiger partial charge in [-0.15, -0.1) is 0 Å². The first-order valence-corrected chi connectivity index (χ1v) is 9.43. The fourth-order valence-electron chi connectivity index (χ4n) is 3.40. The molecule has 27 heavy (non-hydrogen) atoms. The zero-order valence-electron chi connectivity index (χ0n) is 15.7. The molecule has 0 radical (unpaired) electrons. The molecule has 1 amide bonds. The van der Waals surface area contributed by atoms with E-state index in [0.717, 1.165) is 37.1 Å². The van der Waals surface area contributed by atoms with Gasteiger partial charge < -0.3 is 9.42 Å². The number of carbonyl (C=O) groups excluding carboxylic acids is 1. The summed E-state index contributed by atoms with van der Waals surface area (Å²) < 4.78 is 5.46. The number of likely N-dealkylation sites (tertiary alicyclic amines) is 1. The first-order valence-electron chi connectivity index (χ1n) is 9.43. The fourth-order valence-corrected chi connectivity index (χ4v) is 3.40. The zero-order valence-corrected chi connectivity index (χ0v) is 15.7. The second-order valence-electron chi connectivity index (χ2n) is 7.16. The first-order chi connectivity index (χ1) is 13.1. The summed E-state index contributed by atoms with van der Waals surface area (Å²) in [5, 5.41) is 4.12. The minimum Gasteiger partial charge on any atom is -0.339 e. The lowest BCUT2D eigenvalue weighted by Gasteiger charge is -2.26. The molecule has 0 N–H and O–H groups in total. The summed E-state index contributed by atoms with van der Waals surface area (Å²) in [6.45, 7) is 5.80. The third-order valence-corrected chi connectivity index (χ3v) is 5.19. The third kappa shape index (κ3) is 3.63. The number of hydrogen-bond donors (Lipinski definition) is 0. The lowest BCUT2D eigenvalue weighted by atomic mass is 10.1. The van der Waals surface area contributed by atoms with Crippen LogP contribution in [0.2, 0.25) is 0 Å². The van der Waals surface area contributed by atoms with Crippen LogP contribution in [0.15, 0.2) is 47.0 Å². The van der Waals surface area contributed by atoms with Crippen molar-refractivity contribution in [1.82, 2.24) is 15.0 Å². The van der Waals surface area contributed by atoms with Crippen molar-refractivity contribution in [2.24, 2.45) is 0 Å². The lowest BCUT2D eigenvalue weighted by Crippen LogP contribution is -2.35. The number of benzene rings is 2. The van der Waals surface area contributed by atoms with Gasteiger partial charge in [0.25, 0.3) is 11.8 Å². The summed E-state index contributed by atoms with van der Waals surface area (Å²) in [6.07, 6.45) is 3.36. The number of nitrogens with zero attached hydrogens (tertiary/aromatic N) is 3. The Labute approximate surface area is 159 Å². The number of carbonyl (C=O) groups is 1. The minimum atomic E-state index is 0.0782. The van der Waals surface area contributed by atoms with Gasteiger partial charge in [0.15, 0.2) is 0 Å². The lowest BCUT2D eigenvalue weighted by molar-refractivity contribution is 0.0724. The van der Waals surface area contributed by atoms with Gasteiger partial charge in [0, 0.05) is 29.8 Å². The molecule has 0 bridgehead atoms. The Morgan fingerprint density at radius 3 is 2.56 bits per heavy atom. The van der Waals surface area contributed by atoms with Crippen LogP contribution in [0.1, 0.15) is 40.7 Å². The molecule has 1 aliphatic heterocycles. The van der Waals surface area contributed by atoms with E-state index in [2.05, 4.69) is 24.0 Å². The molecule has 5 heteroatoms. The van der Waals surface area contributed by atoms with Crippen LogP contribution in [0, 0.1) is 13.8 Å². The van der Waals surface area contributed by atoms with Gasteiger partial charge in [-0.25, -0.2) is 0 Å². The van der Waals surface area contributed by atoms with E-state index < -0.39 is 0 Å². The largest absolute Gasteiger partial charge is 0.339 e. The monoisotopic (exact) mass is 361 g/mol. The normalized spacial score (nSPS) is 14.4. The number of piperidine rings is 1. The number of amides is 1. The maximum atomic E-state index is 12.7. The molecule has 3 aromatic rings. The van der Waals surface area contributed by atoms with Crippen LogP contribution >= 0.6 is 0 Å². The van der Waals surface area contributed by atoms with Crippen LogP contribution in [-0.4, -0.2) is 34.0 Å². The molecule has 1 aliphatic rings. The fraction of sp³-hybridized carbons (Fsp3) is 0.318. The topological polar surface area (TPSA) is 59.2 Å². The van der Waals surface area contributed by atoms with E-state index in [1.807, 2.05) is 47.4 Å². The maximum Gasteiger partial charge on any atom is 0.258 e. The highest BCUT2D eigenvalue weighted by Crippen LogP contribution is 2.25. The first kappa shape index (κ1) is 17.5. The van der Waals surface area contributed by atoms with Crippen LogP contribution in [0.5, 0.6) is 0 Å². The van der Waals surface area contributed by atoms with Crippen LogP contribution in [-0.2, 0) is 0 Å². The van der Waals surface area contributed by atoms with Crippen molar-refractivity contribution in [3.05, 3.63) is 59.2 Å². The molecule has 0 spiro atoms. The van der Waals surface area contributed by atoms with Crippen LogP contribution in [0.4, 0.5) is 0 Å². The summed E-state index contributed by atoms with van der Waals surface area (Å²) in [7, 11) is 0. The SMILES string of the molecule is Cc1ccc(-c2nc(-c3cccc(C(=O)N4CCCCC4)c3)no2)cc1C. The molecule has 5 nitrogen and oxygen atoms in total. The second kappa shape index (κ2) is 7.35. The van der Waals surface area contributed by atoms with Gasteiger partial charge in [0.05, 0.1) is 0 Å². The third-order valence-electron chi connectivity index (χ3n) is 5.19. The Kier molecular flexibility index (Phi) is 4.75. The standard InChI is InChI=1S/C22H23N3O2/c1-15-9-10-18(13-16(15)2)21-23-20(24-27-21)17-7-6-8-19(14-17)22(26)25-11-4-3-5-12-25/h6-10,13-14H,3-5,11-12H2,1-2H3. The minimum absolute atomic E-state index is 0.0782. The van der Waals surface area contributed by atoms with Crippen molar-refractivity contribution < 1.29 is 9.32 Å². The quantitative estimate of drug-likeness (QED) is 0.681. The van der Waals surface area contributed by atoms with Gasteiger partial charge in [-0.1, -0.05) is 23.4 Å². The molecule has 1 saturated heterocycles. The van der Waals surface area contributed by atoms with Crippen molar-refractivity contribution in [3.8, 4) is 22.8 Å². The predicted molar refractivity (Wildman–Crippen MR) is 104 cm³/mol. The van der Waals surface area contributed by atoms with Gasteiger partial charge >= 0.3 is 0 Å². The summed E-state index contributed by atoms with van der Waals surface area (Å²) in [6, 6.07) is 13.6. The zero-order chi connectivity index (χ0) is 18.8. The smallest absolute Gasteiger partial charge is 0.258 e. The van der Waals surface area contributed by atoms with Crippen LogP contribution < -0.4 is 0 Å². The van der Waals surface area contributed by atoms with Gasteiger partial charge in [0.1, 0.15) is 0 Å². The van der Waals surface area contributed by atoms with Crippen LogP contribution in [0.25, 0.3) is 22.8 Å². The molecule has 0 unspecified atom stereocenters. The highest BCUT2D eigenvalue weighted by Gasteiger charge is 2.19. The molecule has 4 rings (SSSR count). The van der Waals surface area contributed by atoms with Crippen molar-refractivity contribution in [2.75, 3.05) is 13.1 Å². The molecule has 1 aromatic heterocycles. The maximum absolute atomic E-state index is 12.7. The molecule has 2 heterocycles. The number of hydrogen-bond acceptors (Lipinski definition) is 4. The predicted octanol–water partition coefficient (Wildman–Crippen LogP) is 4.65. The van der Waals surface area contributed by atoms with E-state index in [4.69, 9.17) is 4.52 Å². The Morgan fingerprint density at radius 1 is 0.963 bits per heavy atom. The van der Waals surface area contributed by atoms with E-state index in [1.165, 1.54) is 17.5 Å². The Hall–Kier alpha value is -2.95. The average Bonchev–Trinajstić information content (AvgIpc) is 3.20. The van der Waals surface area contributed by atoms with Crippen molar-refractivity contribution >= 4 is 5.91 Å². The molecular formula is C22H23N3O2.